The van der Waals surface area contributed by atoms with Crippen LogP contribution in [-0.2, 0) is 4.74 Å². The van der Waals surface area contributed by atoms with Crippen LogP contribution in [0.3, 0.4) is 0 Å². The third kappa shape index (κ3) is 10.3. The molecule has 5 heteroatoms. The lowest BCUT2D eigenvalue weighted by Crippen LogP contribution is -2.17. The molecule has 0 rings (SSSR count). The SMILES string of the molecule is CCCC(Br)CCCOCC(F)(F)F. The lowest BCUT2D eigenvalue weighted by Gasteiger charge is -2.09. The Morgan fingerprint density at radius 2 is 1.93 bits per heavy atom. The summed E-state index contributed by atoms with van der Waals surface area (Å²) >= 11 is 3.45. The summed E-state index contributed by atoms with van der Waals surface area (Å²) in [6.07, 6.45) is -0.520. The molecule has 14 heavy (non-hydrogen) atoms. The summed E-state index contributed by atoms with van der Waals surface area (Å²) in [5, 5.41) is 0. The van der Waals surface area contributed by atoms with Crippen molar-refractivity contribution in [2.24, 2.45) is 0 Å². The Hall–Kier alpha value is 0.230. The van der Waals surface area contributed by atoms with Crippen LogP contribution in [0.5, 0.6) is 0 Å². The van der Waals surface area contributed by atoms with E-state index in [4.69, 9.17) is 0 Å². The van der Waals surface area contributed by atoms with E-state index in [9.17, 15) is 13.2 Å². The molecule has 1 unspecified atom stereocenters. The first kappa shape index (κ1) is 14.2. The average molecular weight is 277 g/mol. The molecule has 0 bridgehead atoms. The third-order valence-electron chi connectivity index (χ3n) is 1.67. The second-order valence-electron chi connectivity index (χ2n) is 3.20. The van der Waals surface area contributed by atoms with Gasteiger partial charge in [-0.3, -0.25) is 0 Å². The molecule has 0 heterocycles. The third-order valence-corrected chi connectivity index (χ3v) is 2.59. The van der Waals surface area contributed by atoms with Crippen molar-refractivity contribution < 1.29 is 17.9 Å². The van der Waals surface area contributed by atoms with Gasteiger partial charge in [0.25, 0.3) is 0 Å². The van der Waals surface area contributed by atoms with E-state index in [1.807, 2.05) is 0 Å². The van der Waals surface area contributed by atoms with Gasteiger partial charge in [0.2, 0.25) is 0 Å². The molecule has 0 aliphatic carbocycles. The topological polar surface area (TPSA) is 9.23 Å². The molecule has 0 aromatic heterocycles. The fourth-order valence-electron chi connectivity index (χ4n) is 1.05. The summed E-state index contributed by atoms with van der Waals surface area (Å²) in [7, 11) is 0. The second-order valence-corrected chi connectivity index (χ2v) is 4.49. The molecule has 0 aliphatic heterocycles. The predicted molar refractivity (Wildman–Crippen MR) is 53.7 cm³/mol. The van der Waals surface area contributed by atoms with E-state index in [-0.39, 0.29) is 6.61 Å². The molecule has 1 nitrogen and oxygen atoms in total. The van der Waals surface area contributed by atoms with E-state index in [1.54, 1.807) is 0 Å². The molecule has 0 N–H and O–H groups in total. The standard InChI is InChI=1S/C9H16BrF3O/c1-2-4-8(10)5-3-6-14-7-9(11,12)13/h8H,2-7H2,1H3. The van der Waals surface area contributed by atoms with Crippen molar-refractivity contribution in [1.29, 1.82) is 0 Å². The second kappa shape index (κ2) is 7.51. The zero-order valence-corrected chi connectivity index (χ0v) is 9.83. The van der Waals surface area contributed by atoms with Crippen LogP contribution in [0.1, 0.15) is 32.6 Å². The molecule has 0 saturated carbocycles. The highest BCUT2D eigenvalue weighted by Crippen LogP contribution is 2.16. The van der Waals surface area contributed by atoms with Crippen molar-refractivity contribution in [3.05, 3.63) is 0 Å². The average Bonchev–Trinajstić information content (AvgIpc) is 2.02. The molecule has 0 fully saturated rings. The van der Waals surface area contributed by atoms with Crippen LogP contribution in [0.2, 0.25) is 0 Å². The molecule has 0 spiro atoms. The van der Waals surface area contributed by atoms with Crippen LogP contribution in [0.25, 0.3) is 0 Å². The van der Waals surface area contributed by atoms with Crippen molar-refractivity contribution >= 4 is 15.9 Å². The Morgan fingerprint density at radius 1 is 1.29 bits per heavy atom. The van der Waals surface area contributed by atoms with Crippen LogP contribution in [-0.4, -0.2) is 24.2 Å². The molecular formula is C9H16BrF3O. The Kier molecular flexibility index (Phi) is 7.64. The zero-order valence-electron chi connectivity index (χ0n) is 8.24. The maximum Gasteiger partial charge on any atom is 0.411 e. The molecule has 0 radical (unpaired) electrons. The van der Waals surface area contributed by atoms with Gasteiger partial charge in [-0.15, -0.1) is 0 Å². The summed E-state index contributed by atoms with van der Waals surface area (Å²) in [6, 6.07) is 0. The van der Waals surface area contributed by atoms with Gasteiger partial charge in [0.1, 0.15) is 6.61 Å². The fourth-order valence-corrected chi connectivity index (χ4v) is 1.83. The number of ether oxygens (including phenoxy) is 1. The predicted octanol–water partition coefficient (Wildman–Crippen LogP) is 3.91. The minimum Gasteiger partial charge on any atom is -0.372 e. The number of alkyl halides is 4. The molecule has 0 aromatic carbocycles. The minimum atomic E-state index is -4.20. The van der Waals surface area contributed by atoms with Gasteiger partial charge in [-0.05, 0) is 19.3 Å². The van der Waals surface area contributed by atoms with E-state index < -0.39 is 12.8 Å². The van der Waals surface area contributed by atoms with Crippen LogP contribution in [0, 0.1) is 0 Å². The van der Waals surface area contributed by atoms with Crippen molar-refractivity contribution in [2.75, 3.05) is 13.2 Å². The lowest BCUT2D eigenvalue weighted by molar-refractivity contribution is -0.174. The minimum absolute atomic E-state index is 0.186. The van der Waals surface area contributed by atoms with Gasteiger partial charge in [0, 0.05) is 11.4 Å². The summed E-state index contributed by atoms with van der Waals surface area (Å²) in [5.41, 5.74) is 0. The maximum absolute atomic E-state index is 11.6. The van der Waals surface area contributed by atoms with Crippen LogP contribution in [0.4, 0.5) is 13.2 Å². The summed E-state index contributed by atoms with van der Waals surface area (Å²) in [5.74, 6) is 0. The highest BCUT2D eigenvalue weighted by molar-refractivity contribution is 9.09. The molecule has 0 aliphatic rings. The van der Waals surface area contributed by atoms with Crippen molar-refractivity contribution in [1.82, 2.24) is 0 Å². The Balaban J connectivity index is 3.21. The van der Waals surface area contributed by atoms with Crippen LogP contribution < -0.4 is 0 Å². The monoisotopic (exact) mass is 276 g/mol. The van der Waals surface area contributed by atoms with E-state index in [1.165, 1.54) is 0 Å². The van der Waals surface area contributed by atoms with E-state index >= 15 is 0 Å². The molecule has 86 valence electrons. The highest BCUT2D eigenvalue weighted by Gasteiger charge is 2.27. The Labute approximate surface area is 91.1 Å². The van der Waals surface area contributed by atoms with Gasteiger partial charge in [-0.1, -0.05) is 29.3 Å². The quantitative estimate of drug-likeness (QED) is 0.506. The number of halogens is 4. The van der Waals surface area contributed by atoms with Gasteiger partial charge >= 0.3 is 6.18 Å². The first-order valence-electron chi connectivity index (χ1n) is 4.74. The van der Waals surface area contributed by atoms with Gasteiger partial charge < -0.3 is 4.74 Å². The number of hydrogen-bond donors (Lipinski definition) is 0. The van der Waals surface area contributed by atoms with Crippen LogP contribution in [0.15, 0.2) is 0 Å². The van der Waals surface area contributed by atoms with E-state index in [0.29, 0.717) is 11.2 Å². The zero-order chi connectivity index (χ0) is 11.0. The highest BCUT2D eigenvalue weighted by atomic mass is 79.9. The Morgan fingerprint density at radius 3 is 2.43 bits per heavy atom. The molecule has 0 saturated heterocycles. The number of rotatable bonds is 7. The largest absolute Gasteiger partial charge is 0.411 e. The maximum atomic E-state index is 11.6. The van der Waals surface area contributed by atoms with Crippen LogP contribution >= 0.6 is 15.9 Å². The van der Waals surface area contributed by atoms with Crippen molar-refractivity contribution in [2.45, 2.75) is 43.6 Å². The van der Waals surface area contributed by atoms with Gasteiger partial charge in [0.15, 0.2) is 0 Å². The smallest absolute Gasteiger partial charge is 0.372 e. The van der Waals surface area contributed by atoms with Crippen molar-refractivity contribution in [3.8, 4) is 0 Å². The number of hydrogen-bond acceptors (Lipinski definition) is 1. The summed E-state index contributed by atoms with van der Waals surface area (Å²) in [4.78, 5) is 0.405. The van der Waals surface area contributed by atoms with Gasteiger partial charge in [0.05, 0.1) is 0 Å². The molecule has 1 atom stereocenters. The first-order chi connectivity index (χ1) is 6.45. The normalized spacial score (nSPS) is 14.4. The van der Waals surface area contributed by atoms with Crippen molar-refractivity contribution in [3.63, 3.8) is 0 Å². The van der Waals surface area contributed by atoms with E-state index in [2.05, 4.69) is 27.6 Å². The molecular weight excluding hydrogens is 261 g/mol. The Bertz CT molecular complexity index is 139. The fraction of sp³-hybridized carbons (Fsp3) is 1.00. The molecule has 0 amide bonds. The molecule has 0 aromatic rings. The summed E-state index contributed by atoms with van der Waals surface area (Å²) in [6.45, 7) is 1.13. The summed E-state index contributed by atoms with van der Waals surface area (Å²) < 4.78 is 39.4. The van der Waals surface area contributed by atoms with E-state index in [0.717, 1.165) is 19.3 Å². The van der Waals surface area contributed by atoms with Gasteiger partial charge in [-0.25, -0.2) is 0 Å². The lowest BCUT2D eigenvalue weighted by atomic mass is 10.2. The van der Waals surface area contributed by atoms with Gasteiger partial charge in [-0.2, -0.15) is 13.2 Å². The first-order valence-corrected chi connectivity index (χ1v) is 5.66.